The smallest absolute Gasteiger partial charge is 0.246 e. The van der Waals surface area contributed by atoms with Gasteiger partial charge in [0.2, 0.25) is 11.7 Å². The number of thiophene rings is 1. The van der Waals surface area contributed by atoms with E-state index in [2.05, 4.69) is 54.5 Å². The van der Waals surface area contributed by atoms with E-state index >= 15 is 0 Å². The van der Waals surface area contributed by atoms with Gasteiger partial charge in [0.25, 0.3) is 0 Å². The quantitative estimate of drug-likeness (QED) is 0.425. The fourth-order valence-corrected chi connectivity index (χ4v) is 5.36. The van der Waals surface area contributed by atoms with E-state index in [9.17, 15) is 4.79 Å². The molecule has 0 unspecified atom stereocenters. The van der Waals surface area contributed by atoms with Crippen molar-refractivity contribution >= 4 is 28.0 Å². The van der Waals surface area contributed by atoms with Gasteiger partial charge < -0.3 is 19.5 Å². The van der Waals surface area contributed by atoms with Crippen molar-refractivity contribution in [3.8, 4) is 17.2 Å². The molecule has 1 amide bonds. The third kappa shape index (κ3) is 5.68. The van der Waals surface area contributed by atoms with Gasteiger partial charge in [0.15, 0.2) is 11.5 Å². The van der Waals surface area contributed by atoms with E-state index < -0.39 is 0 Å². The molecule has 0 saturated carbocycles. The van der Waals surface area contributed by atoms with E-state index in [1.54, 1.807) is 32.7 Å². The van der Waals surface area contributed by atoms with Crippen LogP contribution >= 0.6 is 11.3 Å². The number of hydrogen-bond acceptors (Lipinski definition) is 6. The lowest BCUT2D eigenvalue weighted by molar-refractivity contribution is -0.114. The number of amides is 1. The number of ether oxygens (including phenoxy) is 3. The number of methoxy groups -OCH3 is 3. The first-order chi connectivity index (χ1) is 16.9. The zero-order valence-corrected chi connectivity index (χ0v) is 21.8. The first-order valence-corrected chi connectivity index (χ1v) is 12.6. The summed E-state index contributed by atoms with van der Waals surface area (Å²) in [5.74, 6) is 2.15. The first kappa shape index (κ1) is 24.8. The van der Waals surface area contributed by atoms with Crippen molar-refractivity contribution in [2.75, 3.05) is 33.2 Å². The predicted molar refractivity (Wildman–Crippen MR) is 142 cm³/mol. The van der Waals surface area contributed by atoms with Crippen molar-refractivity contribution in [3.05, 3.63) is 69.6 Å². The Kier molecular flexibility index (Phi) is 7.76. The average molecular weight is 493 g/mol. The highest BCUT2D eigenvalue weighted by Crippen LogP contribution is 2.40. The van der Waals surface area contributed by atoms with Crippen molar-refractivity contribution in [3.63, 3.8) is 0 Å². The van der Waals surface area contributed by atoms with Crippen LogP contribution in [0.4, 0.5) is 5.00 Å². The second kappa shape index (κ2) is 11.0. The SMILES string of the molecule is COc1cc(C2=NCC(=O)Nc3sc(CCc4ccc(CC(C)C)cc4)cc32)cc(OC)c1OC. The number of rotatable bonds is 9. The minimum atomic E-state index is -0.122. The van der Waals surface area contributed by atoms with Crippen LogP contribution in [0.5, 0.6) is 17.2 Å². The Hall–Kier alpha value is -3.32. The van der Waals surface area contributed by atoms with Crippen LogP contribution in [0.25, 0.3) is 0 Å². The summed E-state index contributed by atoms with van der Waals surface area (Å²) < 4.78 is 16.5. The molecule has 0 fully saturated rings. The van der Waals surface area contributed by atoms with Crippen LogP contribution < -0.4 is 19.5 Å². The molecule has 0 aliphatic carbocycles. The van der Waals surface area contributed by atoms with Gasteiger partial charge in [-0.05, 0) is 54.5 Å². The molecule has 1 aromatic heterocycles. The summed E-state index contributed by atoms with van der Waals surface area (Å²) >= 11 is 1.61. The van der Waals surface area contributed by atoms with E-state index in [1.165, 1.54) is 16.0 Å². The van der Waals surface area contributed by atoms with Crippen molar-refractivity contribution < 1.29 is 19.0 Å². The monoisotopic (exact) mass is 492 g/mol. The lowest BCUT2D eigenvalue weighted by atomic mass is 10.00. The molecular formula is C28H32N2O4S. The molecule has 2 aromatic carbocycles. The molecule has 3 aromatic rings. The lowest BCUT2D eigenvalue weighted by Crippen LogP contribution is -2.12. The first-order valence-electron chi connectivity index (χ1n) is 11.8. The number of aliphatic imine (C=N–C) groups is 1. The number of benzene rings is 2. The van der Waals surface area contributed by atoms with Gasteiger partial charge >= 0.3 is 0 Å². The van der Waals surface area contributed by atoms with Gasteiger partial charge in [-0.2, -0.15) is 0 Å². The van der Waals surface area contributed by atoms with E-state index in [4.69, 9.17) is 14.2 Å². The predicted octanol–water partition coefficient (Wildman–Crippen LogP) is 5.55. The Morgan fingerprint density at radius 1 is 0.943 bits per heavy atom. The van der Waals surface area contributed by atoms with Crippen molar-refractivity contribution in [2.24, 2.45) is 10.9 Å². The van der Waals surface area contributed by atoms with Gasteiger partial charge in [0.1, 0.15) is 11.5 Å². The summed E-state index contributed by atoms with van der Waals surface area (Å²) in [4.78, 5) is 18.2. The normalized spacial score (nSPS) is 13.1. The lowest BCUT2D eigenvalue weighted by Gasteiger charge is -2.15. The number of aryl methyl sites for hydroxylation is 2. The van der Waals surface area contributed by atoms with Crippen LogP contribution in [-0.2, 0) is 24.1 Å². The highest BCUT2D eigenvalue weighted by molar-refractivity contribution is 7.16. The summed E-state index contributed by atoms with van der Waals surface area (Å²) in [5.41, 5.74) is 5.14. The number of carbonyl (C=O) groups is 1. The molecule has 184 valence electrons. The Bertz CT molecular complexity index is 1200. The molecule has 1 aliphatic rings. The number of carbonyl (C=O) groups excluding carboxylic acids is 1. The van der Waals surface area contributed by atoms with E-state index in [0.29, 0.717) is 23.2 Å². The van der Waals surface area contributed by atoms with Crippen LogP contribution in [0.1, 0.15) is 41.0 Å². The number of nitrogens with one attached hydrogen (secondary N) is 1. The number of hydrogen-bond donors (Lipinski definition) is 1. The average Bonchev–Trinajstić information content (AvgIpc) is 3.17. The molecular weight excluding hydrogens is 460 g/mol. The van der Waals surface area contributed by atoms with Crippen LogP contribution in [0.3, 0.4) is 0 Å². The molecule has 1 N–H and O–H groups in total. The molecule has 0 bridgehead atoms. The highest BCUT2D eigenvalue weighted by atomic mass is 32.1. The standard InChI is InChI=1S/C28H32N2O4S/c1-17(2)12-19-8-6-18(7-9-19)10-11-21-15-22-26(29-16-25(31)30-28(22)35-21)20-13-23(32-3)27(34-5)24(14-20)33-4/h6-9,13-15,17H,10-12,16H2,1-5H3,(H,30,31). The maximum absolute atomic E-state index is 12.4. The third-order valence-corrected chi connectivity index (χ3v) is 7.05. The Labute approximate surface area is 211 Å². The van der Waals surface area contributed by atoms with Crippen molar-refractivity contribution in [1.29, 1.82) is 0 Å². The van der Waals surface area contributed by atoms with Crippen LogP contribution in [-0.4, -0.2) is 39.5 Å². The third-order valence-electron chi connectivity index (χ3n) is 5.94. The molecule has 4 rings (SSSR count). The van der Waals surface area contributed by atoms with E-state index in [1.807, 2.05) is 12.1 Å². The van der Waals surface area contributed by atoms with Crippen LogP contribution in [0.15, 0.2) is 47.5 Å². The summed E-state index contributed by atoms with van der Waals surface area (Å²) in [6.07, 6.45) is 2.92. The largest absolute Gasteiger partial charge is 0.493 e. The maximum atomic E-state index is 12.4. The van der Waals surface area contributed by atoms with E-state index in [-0.39, 0.29) is 12.5 Å². The molecule has 2 heterocycles. The van der Waals surface area contributed by atoms with E-state index in [0.717, 1.165) is 41.1 Å². The van der Waals surface area contributed by atoms with Crippen LogP contribution in [0.2, 0.25) is 0 Å². The molecule has 35 heavy (non-hydrogen) atoms. The zero-order valence-electron chi connectivity index (χ0n) is 20.9. The Balaban J connectivity index is 1.61. The fraction of sp³-hybridized carbons (Fsp3) is 0.357. The molecule has 7 heteroatoms. The molecule has 0 saturated heterocycles. The summed E-state index contributed by atoms with van der Waals surface area (Å²) in [5, 5.41) is 3.85. The highest BCUT2D eigenvalue weighted by Gasteiger charge is 2.24. The Morgan fingerprint density at radius 3 is 2.20 bits per heavy atom. The number of fused-ring (bicyclic) bond motifs is 1. The van der Waals surface area contributed by atoms with Gasteiger partial charge in [0.05, 0.1) is 27.0 Å². The zero-order chi connectivity index (χ0) is 24.9. The fourth-order valence-electron chi connectivity index (χ4n) is 4.28. The molecule has 1 aliphatic heterocycles. The van der Waals surface area contributed by atoms with Crippen molar-refractivity contribution in [1.82, 2.24) is 0 Å². The molecule has 0 spiro atoms. The number of anilines is 1. The summed E-state index contributed by atoms with van der Waals surface area (Å²) in [7, 11) is 4.75. The minimum absolute atomic E-state index is 0.0610. The summed E-state index contributed by atoms with van der Waals surface area (Å²) in [6.45, 7) is 4.54. The second-order valence-corrected chi connectivity index (χ2v) is 10.1. The van der Waals surface area contributed by atoms with Gasteiger partial charge in [-0.1, -0.05) is 38.1 Å². The molecule has 6 nitrogen and oxygen atoms in total. The molecule has 0 atom stereocenters. The Morgan fingerprint density at radius 2 is 1.60 bits per heavy atom. The van der Waals surface area contributed by atoms with Crippen LogP contribution in [0, 0.1) is 5.92 Å². The number of nitrogens with zero attached hydrogens (tertiary/aromatic N) is 1. The maximum Gasteiger partial charge on any atom is 0.246 e. The topological polar surface area (TPSA) is 69.2 Å². The molecule has 0 radical (unpaired) electrons. The van der Waals surface area contributed by atoms with Gasteiger partial charge in [-0.25, -0.2) is 0 Å². The van der Waals surface area contributed by atoms with Gasteiger partial charge in [-0.3, -0.25) is 9.79 Å². The van der Waals surface area contributed by atoms with Gasteiger partial charge in [-0.15, -0.1) is 11.3 Å². The van der Waals surface area contributed by atoms with Gasteiger partial charge in [0, 0.05) is 16.0 Å². The minimum Gasteiger partial charge on any atom is -0.493 e. The van der Waals surface area contributed by atoms with Crippen molar-refractivity contribution in [2.45, 2.75) is 33.1 Å². The summed E-state index contributed by atoms with van der Waals surface area (Å²) in [6, 6.07) is 14.8. The second-order valence-electron chi connectivity index (χ2n) is 9.00.